The van der Waals surface area contributed by atoms with Crippen LogP contribution in [0, 0.1) is 10.1 Å². The van der Waals surface area contributed by atoms with Crippen molar-refractivity contribution in [2.45, 2.75) is 0 Å². The number of fused-ring (bicyclic) bond motifs is 1. The number of hydrogen-bond donors (Lipinski definition) is 0. The van der Waals surface area contributed by atoms with Crippen LogP contribution >= 0.6 is 0 Å². The molecule has 0 radical (unpaired) electrons. The molecule has 28 heavy (non-hydrogen) atoms. The highest BCUT2D eigenvalue weighted by Crippen LogP contribution is 2.29. The molecule has 7 nitrogen and oxygen atoms in total. The number of ketones is 1. The van der Waals surface area contributed by atoms with Gasteiger partial charge in [0.05, 0.1) is 17.7 Å². The van der Waals surface area contributed by atoms with Crippen LogP contribution in [0.2, 0.25) is 0 Å². The predicted molar refractivity (Wildman–Crippen MR) is 104 cm³/mol. The first-order valence-electron chi connectivity index (χ1n) is 8.49. The SMILES string of the molecule is COc1ccc(C(=O)c2nc3ccccn3c2-c2ccc([N+](=O)[O-])cc2)cc1. The molecule has 0 saturated carbocycles. The number of benzene rings is 2. The third-order valence-electron chi connectivity index (χ3n) is 4.45. The maximum absolute atomic E-state index is 13.2. The minimum absolute atomic E-state index is 0.0133. The second-order valence-corrected chi connectivity index (χ2v) is 6.10. The second-order valence-electron chi connectivity index (χ2n) is 6.10. The summed E-state index contributed by atoms with van der Waals surface area (Å²) in [6.07, 6.45) is 1.81. The van der Waals surface area contributed by atoms with Crippen molar-refractivity contribution in [2.75, 3.05) is 7.11 Å². The average molecular weight is 373 g/mol. The number of nitro benzene ring substituents is 1. The summed E-state index contributed by atoms with van der Waals surface area (Å²) in [6.45, 7) is 0. The zero-order valence-corrected chi connectivity index (χ0v) is 14.9. The molecule has 2 heterocycles. The summed E-state index contributed by atoms with van der Waals surface area (Å²) in [5, 5.41) is 10.9. The van der Waals surface area contributed by atoms with E-state index in [4.69, 9.17) is 4.74 Å². The topological polar surface area (TPSA) is 86.7 Å². The van der Waals surface area contributed by atoms with Crippen molar-refractivity contribution in [3.8, 4) is 17.0 Å². The predicted octanol–water partition coefficient (Wildman–Crippen LogP) is 4.15. The van der Waals surface area contributed by atoms with Gasteiger partial charge in [0.15, 0.2) is 0 Å². The number of aromatic nitrogens is 2. The van der Waals surface area contributed by atoms with Crippen LogP contribution in [0.5, 0.6) is 5.75 Å². The third-order valence-corrected chi connectivity index (χ3v) is 4.45. The van der Waals surface area contributed by atoms with Gasteiger partial charge in [-0.1, -0.05) is 6.07 Å². The van der Waals surface area contributed by atoms with Crippen molar-refractivity contribution < 1.29 is 14.5 Å². The van der Waals surface area contributed by atoms with E-state index in [0.29, 0.717) is 28.2 Å². The first-order chi connectivity index (χ1) is 13.6. The highest BCUT2D eigenvalue weighted by Gasteiger charge is 2.22. The van der Waals surface area contributed by atoms with Crippen LogP contribution in [-0.4, -0.2) is 27.2 Å². The van der Waals surface area contributed by atoms with Gasteiger partial charge in [-0.25, -0.2) is 4.98 Å². The van der Waals surface area contributed by atoms with E-state index in [-0.39, 0.29) is 17.2 Å². The van der Waals surface area contributed by atoms with E-state index in [1.807, 2.05) is 18.3 Å². The second kappa shape index (κ2) is 6.96. The highest BCUT2D eigenvalue weighted by atomic mass is 16.6. The van der Waals surface area contributed by atoms with Crippen LogP contribution in [-0.2, 0) is 0 Å². The number of nitrogens with zero attached hydrogens (tertiary/aromatic N) is 3. The van der Waals surface area contributed by atoms with E-state index in [0.717, 1.165) is 0 Å². The Kier molecular flexibility index (Phi) is 4.33. The molecule has 2 aromatic carbocycles. The first-order valence-corrected chi connectivity index (χ1v) is 8.49. The monoisotopic (exact) mass is 373 g/mol. The summed E-state index contributed by atoms with van der Waals surface area (Å²) in [4.78, 5) is 28.2. The fourth-order valence-corrected chi connectivity index (χ4v) is 3.05. The molecular formula is C21H15N3O4. The molecule has 0 aliphatic heterocycles. The lowest BCUT2D eigenvalue weighted by Gasteiger charge is -2.06. The number of carbonyl (C=O) groups excluding carboxylic acids is 1. The van der Waals surface area contributed by atoms with E-state index in [2.05, 4.69) is 4.98 Å². The molecule has 0 aliphatic carbocycles. The summed E-state index contributed by atoms with van der Waals surface area (Å²) >= 11 is 0. The first kappa shape index (κ1) is 17.4. The van der Waals surface area contributed by atoms with Crippen LogP contribution in [0.25, 0.3) is 16.9 Å². The average Bonchev–Trinajstić information content (AvgIpc) is 3.13. The Balaban J connectivity index is 1.87. The quantitative estimate of drug-likeness (QED) is 0.298. The van der Waals surface area contributed by atoms with E-state index < -0.39 is 4.92 Å². The summed E-state index contributed by atoms with van der Waals surface area (Å²) < 4.78 is 6.94. The summed E-state index contributed by atoms with van der Waals surface area (Å²) in [6, 6.07) is 18.4. The van der Waals surface area contributed by atoms with Gasteiger partial charge in [0.25, 0.3) is 5.69 Å². The lowest BCUT2D eigenvalue weighted by atomic mass is 10.0. The zero-order valence-electron chi connectivity index (χ0n) is 14.9. The maximum atomic E-state index is 13.2. The number of rotatable bonds is 5. The van der Waals surface area contributed by atoms with Gasteiger partial charge in [0.2, 0.25) is 5.78 Å². The normalized spacial score (nSPS) is 10.8. The fourth-order valence-electron chi connectivity index (χ4n) is 3.05. The Bertz CT molecular complexity index is 1180. The van der Waals surface area contributed by atoms with Gasteiger partial charge in [0, 0.05) is 29.5 Å². The van der Waals surface area contributed by atoms with Crippen LogP contribution in [0.3, 0.4) is 0 Å². The number of nitro groups is 1. The van der Waals surface area contributed by atoms with Gasteiger partial charge >= 0.3 is 0 Å². The van der Waals surface area contributed by atoms with Crippen molar-refractivity contribution in [1.82, 2.24) is 9.38 Å². The molecule has 0 bridgehead atoms. The Morgan fingerprint density at radius 2 is 1.75 bits per heavy atom. The molecule has 7 heteroatoms. The molecule has 4 rings (SSSR count). The Morgan fingerprint density at radius 3 is 2.39 bits per heavy atom. The van der Waals surface area contributed by atoms with Crippen molar-refractivity contribution in [2.24, 2.45) is 0 Å². The Labute approximate surface area is 160 Å². The molecule has 0 N–H and O–H groups in total. The number of hydrogen-bond acceptors (Lipinski definition) is 5. The van der Waals surface area contributed by atoms with Gasteiger partial charge in [-0.05, 0) is 48.5 Å². The van der Waals surface area contributed by atoms with Crippen LogP contribution in [0.1, 0.15) is 16.1 Å². The Hall–Kier alpha value is -4.00. The van der Waals surface area contributed by atoms with Crippen molar-refractivity contribution >= 4 is 17.1 Å². The van der Waals surface area contributed by atoms with Gasteiger partial charge in [-0.2, -0.15) is 0 Å². The molecule has 0 atom stereocenters. The zero-order chi connectivity index (χ0) is 19.7. The number of non-ortho nitro benzene ring substituents is 1. The van der Waals surface area contributed by atoms with Crippen molar-refractivity contribution in [1.29, 1.82) is 0 Å². The minimum Gasteiger partial charge on any atom is -0.497 e. The smallest absolute Gasteiger partial charge is 0.269 e. The number of carbonyl (C=O) groups is 1. The highest BCUT2D eigenvalue weighted by molar-refractivity contribution is 6.11. The summed E-state index contributed by atoms with van der Waals surface area (Å²) in [5.41, 5.74) is 2.62. The minimum atomic E-state index is -0.457. The molecule has 0 spiro atoms. The molecule has 0 unspecified atom stereocenters. The van der Waals surface area contributed by atoms with Crippen LogP contribution in [0.15, 0.2) is 72.9 Å². The summed E-state index contributed by atoms with van der Waals surface area (Å²) in [5.74, 6) is 0.418. The van der Waals surface area contributed by atoms with Crippen molar-refractivity contribution in [3.63, 3.8) is 0 Å². The lowest BCUT2D eigenvalue weighted by Crippen LogP contribution is -2.04. The largest absolute Gasteiger partial charge is 0.497 e. The molecule has 0 saturated heterocycles. The van der Waals surface area contributed by atoms with Gasteiger partial charge < -0.3 is 4.74 Å². The molecule has 0 fully saturated rings. The lowest BCUT2D eigenvalue weighted by molar-refractivity contribution is -0.384. The maximum Gasteiger partial charge on any atom is 0.269 e. The van der Waals surface area contributed by atoms with E-state index in [1.165, 1.54) is 12.1 Å². The molecule has 0 aliphatic rings. The Morgan fingerprint density at radius 1 is 1.04 bits per heavy atom. The van der Waals surface area contributed by atoms with Gasteiger partial charge in [-0.15, -0.1) is 0 Å². The van der Waals surface area contributed by atoms with E-state index in [1.54, 1.807) is 54.0 Å². The molecule has 138 valence electrons. The third kappa shape index (κ3) is 2.99. The number of pyridine rings is 1. The molecule has 0 amide bonds. The fraction of sp³-hybridized carbons (Fsp3) is 0.0476. The number of imidazole rings is 1. The van der Waals surface area contributed by atoms with E-state index in [9.17, 15) is 14.9 Å². The summed E-state index contributed by atoms with van der Waals surface area (Å²) in [7, 11) is 1.56. The van der Waals surface area contributed by atoms with Gasteiger partial charge in [-0.3, -0.25) is 19.3 Å². The van der Waals surface area contributed by atoms with Gasteiger partial charge in [0.1, 0.15) is 17.1 Å². The van der Waals surface area contributed by atoms with E-state index >= 15 is 0 Å². The number of methoxy groups -OCH3 is 1. The van der Waals surface area contributed by atoms with Crippen LogP contribution in [0.4, 0.5) is 5.69 Å². The molecule has 2 aromatic heterocycles. The number of ether oxygens (including phenoxy) is 1. The van der Waals surface area contributed by atoms with Crippen molar-refractivity contribution in [3.05, 3.63) is 94.3 Å². The standard InChI is InChI=1S/C21H15N3O4/c1-28-17-11-7-15(8-12-17)21(25)19-20(23-13-3-2-4-18(23)22-19)14-5-9-16(10-6-14)24(26)27/h2-13H,1H3. The molecular weight excluding hydrogens is 358 g/mol. The van der Waals surface area contributed by atoms with Crippen LogP contribution < -0.4 is 4.74 Å². The molecule has 4 aromatic rings.